The number of ketones is 1. The summed E-state index contributed by atoms with van der Waals surface area (Å²) in [6.07, 6.45) is 0.831. The number of benzene rings is 2. The van der Waals surface area contributed by atoms with E-state index >= 15 is 0 Å². The highest BCUT2D eigenvalue weighted by atomic mass is 35.5. The van der Waals surface area contributed by atoms with E-state index in [0.717, 1.165) is 29.9 Å². The number of hydrogen-bond donors (Lipinski definition) is 0. The quantitative estimate of drug-likeness (QED) is 0.226. The van der Waals surface area contributed by atoms with Crippen molar-refractivity contribution in [3.8, 4) is 5.69 Å². The number of Topliss-reactive ketones (excluding diaryl/α,β-unsaturated/α-hetero) is 1. The predicted molar refractivity (Wildman–Crippen MR) is 132 cm³/mol. The van der Waals surface area contributed by atoms with Crippen LogP contribution in [0.25, 0.3) is 15.9 Å². The number of carbonyl (C=O) groups is 1. The minimum absolute atomic E-state index is 0.00492. The van der Waals surface area contributed by atoms with E-state index in [1.54, 1.807) is 40.2 Å². The van der Waals surface area contributed by atoms with Crippen LogP contribution in [0, 0.1) is 0 Å². The first-order valence-electron chi connectivity index (χ1n) is 10.2. The molecule has 0 bridgehead atoms. The molecule has 4 aromatic rings. The summed E-state index contributed by atoms with van der Waals surface area (Å²) in [7, 11) is 2.08. The number of thioether (sulfide) groups is 1. The minimum atomic E-state index is -0.103. The van der Waals surface area contributed by atoms with Gasteiger partial charge in [0.25, 0.3) is 5.56 Å². The Kier molecular flexibility index (Phi) is 5.90. The molecule has 2 aromatic carbocycles. The van der Waals surface area contributed by atoms with E-state index in [1.807, 2.05) is 30.3 Å². The van der Waals surface area contributed by atoms with Crippen LogP contribution in [-0.2, 0) is 13.0 Å². The van der Waals surface area contributed by atoms with Gasteiger partial charge in [0.15, 0.2) is 10.9 Å². The third-order valence-electron chi connectivity index (χ3n) is 5.53. The number of halogens is 1. The van der Waals surface area contributed by atoms with Crippen LogP contribution in [0.2, 0.25) is 5.02 Å². The summed E-state index contributed by atoms with van der Waals surface area (Å²) in [5.74, 6) is 0.186. The first-order chi connectivity index (χ1) is 15.5. The fourth-order valence-electron chi connectivity index (χ4n) is 3.93. The minimum Gasteiger partial charge on any atom is -0.301 e. The lowest BCUT2D eigenvalue weighted by atomic mass is 10.1. The van der Waals surface area contributed by atoms with E-state index < -0.39 is 0 Å². The van der Waals surface area contributed by atoms with Gasteiger partial charge in [0.1, 0.15) is 4.83 Å². The average Bonchev–Trinajstić information content (AvgIpc) is 3.15. The van der Waals surface area contributed by atoms with Gasteiger partial charge >= 0.3 is 0 Å². The molecule has 0 atom stereocenters. The van der Waals surface area contributed by atoms with Crippen molar-refractivity contribution in [3.05, 3.63) is 86.0 Å². The molecule has 5 nitrogen and oxygen atoms in total. The van der Waals surface area contributed by atoms with Crippen LogP contribution >= 0.6 is 34.7 Å². The van der Waals surface area contributed by atoms with Crippen LogP contribution < -0.4 is 5.56 Å². The normalized spacial score (nSPS) is 13.9. The molecular formula is C24H20ClN3O2S2. The number of rotatable bonds is 5. The van der Waals surface area contributed by atoms with Crippen molar-refractivity contribution in [1.82, 2.24) is 14.5 Å². The average molecular weight is 482 g/mol. The van der Waals surface area contributed by atoms with E-state index in [2.05, 4.69) is 11.9 Å². The van der Waals surface area contributed by atoms with Crippen LogP contribution in [0.15, 0.2) is 64.5 Å². The molecule has 0 saturated heterocycles. The lowest BCUT2D eigenvalue weighted by Crippen LogP contribution is -2.27. The lowest BCUT2D eigenvalue weighted by Gasteiger charge is -2.21. The predicted octanol–water partition coefficient (Wildman–Crippen LogP) is 5.06. The Hall–Kier alpha value is -2.45. The first-order valence-corrected chi connectivity index (χ1v) is 12.4. The molecule has 0 radical (unpaired) electrons. The molecule has 0 saturated carbocycles. The zero-order valence-corrected chi connectivity index (χ0v) is 19.8. The number of fused-ring (bicyclic) bond motifs is 3. The highest BCUT2D eigenvalue weighted by Crippen LogP contribution is 2.34. The highest BCUT2D eigenvalue weighted by molar-refractivity contribution is 7.99. The zero-order chi connectivity index (χ0) is 22.2. The molecule has 0 aliphatic carbocycles. The Labute approximate surface area is 198 Å². The molecule has 0 fully saturated rings. The van der Waals surface area contributed by atoms with Gasteiger partial charge in [-0.15, -0.1) is 11.3 Å². The van der Waals surface area contributed by atoms with Gasteiger partial charge in [-0.25, -0.2) is 4.98 Å². The molecule has 0 N–H and O–H groups in total. The van der Waals surface area contributed by atoms with Crippen LogP contribution in [0.1, 0.15) is 20.8 Å². The van der Waals surface area contributed by atoms with Crippen LogP contribution in [0.4, 0.5) is 0 Å². The van der Waals surface area contributed by atoms with E-state index in [4.69, 9.17) is 16.6 Å². The summed E-state index contributed by atoms with van der Waals surface area (Å²) in [6.45, 7) is 1.74. The van der Waals surface area contributed by atoms with Crippen molar-refractivity contribution in [2.45, 2.75) is 18.1 Å². The SMILES string of the molecule is CN1CCc2c(sc3nc(SCC(=O)c4ccccc4)n(-c4cccc(Cl)c4)c(=O)c23)C1. The van der Waals surface area contributed by atoms with Gasteiger partial charge < -0.3 is 4.90 Å². The molecule has 32 heavy (non-hydrogen) atoms. The van der Waals surface area contributed by atoms with Gasteiger partial charge in [-0.1, -0.05) is 59.8 Å². The van der Waals surface area contributed by atoms with Gasteiger partial charge in [0, 0.05) is 28.6 Å². The zero-order valence-electron chi connectivity index (χ0n) is 17.4. The molecule has 2 aromatic heterocycles. The van der Waals surface area contributed by atoms with E-state index in [-0.39, 0.29) is 17.1 Å². The Balaban J connectivity index is 1.63. The number of aromatic nitrogens is 2. The van der Waals surface area contributed by atoms with Gasteiger partial charge in [-0.2, -0.15) is 0 Å². The lowest BCUT2D eigenvalue weighted by molar-refractivity contribution is 0.102. The second kappa shape index (κ2) is 8.83. The van der Waals surface area contributed by atoms with Gasteiger partial charge in [0.2, 0.25) is 0 Å². The Morgan fingerprint density at radius 2 is 2.00 bits per heavy atom. The fourth-order valence-corrected chi connectivity index (χ4v) is 6.36. The monoisotopic (exact) mass is 481 g/mol. The smallest absolute Gasteiger partial charge is 0.267 e. The van der Waals surface area contributed by atoms with Crippen molar-refractivity contribution in [1.29, 1.82) is 0 Å². The molecule has 3 heterocycles. The Morgan fingerprint density at radius 3 is 2.78 bits per heavy atom. The number of nitrogens with zero attached hydrogens (tertiary/aromatic N) is 3. The second-order valence-corrected chi connectivity index (χ2v) is 10.2. The molecule has 5 rings (SSSR count). The summed E-state index contributed by atoms with van der Waals surface area (Å²) in [5, 5.41) is 1.73. The van der Waals surface area contributed by atoms with Gasteiger partial charge in [-0.3, -0.25) is 14.2 Å². The molecule has 0 spiro atoms. The molecular weight excluding hydrogens is 462 g/mol. The number of carbonyl (C=O) groups excluding carboxylic acids is 1. The molecule has 0 amide bonds. The summed E-state index contributed by atoms with van der Waals surface area (Å²) in [6, 6.07) is 16.4. The van der Waals surface area contributed by atoms with Crippen LogP contribution in [0.3, 0.4) is 0 Å². The van der Waals surface area contributed by atoms with Crippen LogP contribution in [0.5, 0.6) is 0 Å². The Morgan fingerprint density at radius 1 is 1.19 bits per heavy atom. The van der Waals surface area contributed by atoms with Gasteiger partial charge in [0.05, 0.1) is 16.8 Å². The van der Waals surface area contributed by atoms with Crippen molar-refractivity contribution in [2.75, 3.05) is 19.3 Å². The third-order valence-corrected chi connectivity index (χ3v) is 7.81. The van der Waals surface area contributed by atoms with E-state index in [9.17, 15) is 9.59 Å². The van der Waals surface area contributed by atoms with Crippen molar-refractivity contribution < 1.29 is 4.79 Å². The van der Waals surface area contributed by atoms with Crippen molar-refractivity contribution >= 4 is 50.7 Å². The maximum Gasteiger partial charge on any atom is 0.267 e. The molecule has 1 aliphatic heterocycles. The maximum absolute atomic E-state index is 13.8. The molecule has 162 valence electrons. The maximum atomic E-state index is 13.8. The standard InChI is InChI=1S/C24H20ClN3O2S2/c1-27-11-10-18-20(13-27)32-22-21(18)23(30)28(17-9-5-8-16(25)12-17)24(26-22)31-14-19(29)15-6-3-2-4-7-15/h2-9,12H,10-11,13-14H2,1H3. The number of hydrogen-bond acceptors (Lipinski definition) is 6. The largest absolute Gasteiger partial charge is 0.301 e. The number of thiophene rings is 1. The van der Waals surface area contributed by atoms with E-state index in [0.29, 0.717) is 26.8 Å². The third kappa shape index (κ3) is 4.01. The van der Waals surface area contributed by atoms with Crippen molar-refractivity contribution in [2.24, 2.45) is 0 Å². The summed E-state index contributed by atoms with van der Waals surface area (Å²) in [5.41, 5.74) is 2.30. The Bertz CT molecular complexity index is 1380. The summed E-state index contributed by atoms with van der Waals surface area (Å²) in [4.78, 5) is 35.5. The molecule has 1 aliphatic rings. The van der Waals surface area contributed by atoms with Gasteiger partial charge in [-0.05, 0) is 37.2 Å². The first kappa shape index (κ1) is 21.4. The van der Waals surface area contributed by atoms with Crippen molar-refractivity contribution in [3.63, 3.8) is 0 Å². The van der Waals surface area contributed by atoms with Crippen LogP contribution in [-0.4, -0.2) is 39.6 Å². The fraction of sp³-hybridized carbons (Fsp3) is 0.208. The summed E-state index contributed by atoms with van der Waals surface area (Å²) < 4.78 is 1.60. The number of likely N-dealkylation sites (N-methyl/N-ethyl adjacent to an activating group) is 1. The topological polar surface area (TPSA) is 55.2 Å². The molecule has 0 unspecified atom stereocenters. The highest BCUT2D eigenvalue weighted by Gasteiger charge is 2.25. The molecule has 8 heteroatoms. The second-order valence-electron chi connectivity index (χ2n) is 7.76. The summed E-state index contributed by atoms with van der Waals surface area (Å²) >= 11 is 9.10. The van der Waals surface area contributed by atoms with E-state index in [1.165, 1.54) is 16.6 Å².